The Kier molecular flexibility index (Phi) is 4.27. The molecule has 2 aromatic heterocycles. The second-order valence-corrected chi connectivity index (χ2v) is 6.06. The lowest BCUT2D eigenvalue weighted by molar-refractivity contribution is 0.400. The molecule has 3 aromatic rings. The fourth-order valence-corrected chi connectivity index (χ4v) is 3.11. The first-order valence-electron chi connectivity index (χ1n) is 7.10. The van der Waals surface area contributed by atoms with E-state index in [2.05, 4.69) is 35.8 Å². The molecule has 110 valence electrons. The molecule has 0 bridgehead atoms. The fraction of sp³-hybridized carbons (Fsp3) is 0.294. The van der Waals surface area contributed by atoms with Gasteiger partial charge in [-0.1, -0.05) is 18.2 Å². The zero-order valence-electron chi connectivity index (χ0n) is 12.3. The largest absolute Gasteiger partial charge is 0.493 e. The summed E-state index contributed by atoms with van der Waals surface area (Å²) in [6.45, 7) is 3.06. The Morgan fingerprint density at radius 1 is 1.29 bits per heavy atom. The first-order valence-corrected chi connectivity index (χ1v) is 7.98. The molecule has 1 aromatic carbocycles. The topological polar surface area (TPSA) is 34.4 Å². The Labute approximate surface area is 128 Å². The first kappa shape index (κ1) is 14.2. The number of para-hydroxylation sites is 1. The molecule has 1 N–H and O–H groups in total. The molecular weight excluding hydrogens is 282 g/mol. The van der Waals surface area contributed by atoms with E-state index in [1.165, 1.54) is 4.88 Å². The number of benzene rings is 1. The molecule has 0 spiro atoms. The van der Waals surface area contributed by atoms with E-state index < -0.39 is 0 Å². The van der Waals surface area contributed by atoms with Gasteiger partial charge in [0, 0.05) is 16.8 Å². The number of hydrogen-bond acceptors (Lipinski definition) is 4. The highest BCUT2D eigenvalue weighted by Crippen LogP contribution is 2.30. The van der Waals surface area contributed by atoms with Gasteiger partial charge in [-0.25, -0.2) is 0 Å². The normalized spacial score (nSPS) is 12.7. The Morgan fingerprint density at radius 3 is 2.95 bits per heavy atom. The number of furan rings is 1. The Morgan fingerprint density at radius 2 is 2.19 bits per heavy atom. The average Bonchev–Trinajstić information content (AvgIpc) is 3.15. The molecule has 1 unspecified atom stereocenters. The monoisotopic (exact) mass is 301 g/mol. The van der Waals surface area contributed by atoms with Crippen LogP contribution in [0.3, 0.4) is 0 Å². The van der Waals surface area contributed by atoms with Gasteiger partial charge < -0.3 is 14.5 Å². The summed E-state index contributed by atoms with van der Waals surface area (Å²) in [4.78, 5) is 1.40. The molecule has 2 heterocycles. The highest BCUT2D eigenvalue weighted by Gasteiger charge is 2.13. The van der Waals surface area contributed by atoms with Gasteiger partial charge in [-0.2, -0.15) is 0 Å². The van der Waals surface area contributed by atoms with Crippen LogP contribution < -0.4 is 10.1 Å². The van der Waals surface area contributed by atoms with Crippen molar-refractivity contribution in [3.8, 4) is 5.75 Å². The van der Waals surface area contributed by atoms with E-state index in [0.717, 1.165) is 35.4 Å². The molecule has 3 rings (SSSR count). The van der Waals surface area contributed by atoms with Crippen LogP contribution in [0, 0.1) is 0 Å². The second-order valence-electron chi connectivity index (χ2n) is 5.03. The Hall–Kier alpha value is -1.78. The Balaban J connectivity index is 1.68. The van der Waals surface area contributed by atoms with Gasteiger partial charge in [0.05, 0.1) is 13.2 Å². The van der Waals surface area contributed by atoms with Crippen LogP contribution in [0.5, 0.6) is 5.75 Å². The first-order chi connectivity index (χ1) is 10.3. The van der Waals surface area contributed by atoms with E-state index >= 15 is 0 Å². The molecule has 3 nitrogen and oxygen atoms in total. The lowest BCUT2D eigenvalue weighted by atomic mass is 10.2. The molecule has 0 saturated heterocycles. The molecule has 0 fully saturated rings. The van der Waals surface area contributed by atoms with Gasteiger partial charge in [0.15, 0.2) is 11.3 Å². The van der Waals surface area contributed by atoms with E-state index in [-0.39, 0.29) is 6.04 Å². The van der Waals surface area contributed by atoms with Crippen LogP contribution in [0.25, 0.3) is 11.0 Å². The summed E-state index contributed by atoms with van der Waals surface area (Å²) < 4.78 is 11.3. The molecule has 4 heteroatoms. The lowest BCUT2D eigenvalue weighted by Crippen LogP contribution is -2.20. The van der Waals surface area contributed by atoms with Crippen molar-refractivity contribution in [2.24, 2.45) is 0 Å². The van der Waals surface area contributed by atoms with Crippen molar-refractivity contribution in [2.75, 3.05) is 13.7 Å². The molecule has 0 aliphatic carbocycles. The third kappa shape index (κ3) is 3.12. The van der Waals surface area contributed by atoms with Crippen LogP contribution in [0.15, 0.2) is 46.2 Å². The number of hydrogen-bond donors (Lipinski definition) is 1. The summed E-state index contributed by atoms with van der Waals surface area (Å²) >= 11 is 1.80. The summed E-state index contributed by atoms with van der Waals surface area (Å²) in [5, 5.41) is 6.70. The molecule has 1 atom stereocenters. The van der Waals surface area contributed by atoms with Gasteiger partial charge in [0.2, 0.25) is 0 Å². The standard InChI is InChI=1S/C17H19NO2S/c1-12(18-9-8-14-6-4-10-21-14)16-11-13-5-3-7-15(19-2)17(13)20-16/h3-7,10-12,18H,8-9H2,1-2H3. The van der Waals surface area contributed by atoms with Crippen molar-refractivity contribution in [1.29, 1.82) is 0 Å². The van der Waals surface area contributed by atoms with Crippen molar-refractivity contribution < 1.29 is 9.15 Å². The van der Waals surface area contributed by atoms with Crippen LogP contribution in [-0.4, -0.2) is 13.7 Å². The number of methoxy groups -OCH3 is 1. The lowest BCUT2D eigenvalue weighted by Gasteiger charge is -2.10. The summed E-state index contributed by atoms with van der Waals surface area (Å²) in [6, 6.07) is 12.5. The van der Waals surface area contributed by atoms with Gasteiger partial charge in [-0.15, -0.1) is 11.3 Å². The van der Waals surface area contributed by atoms with Crippen molar-refractivity contribution in [3.63, 3.8) is 0 Å². The van der Waals surface area contributed by atoms with E-state index in [9.17, 15) is 0 Å². The number of nitrogens with one attached hydrogen (secondary N) is 1. The zero-order valence-corrected chi connectivity index (χ0v) is 13.1. The maximum Gasteiger partial charge on any atom is 0.176 e. The van der Waals surface area contributed by atoms with Gasteiger partial charge >= 0.3 is 0 Å². The molecule has 0 saturated carbocycles. The molecular formula is C17H19NO2S. The predicted octanol–water partition coefficient (Wildman–Crippen LogP) is 4.40. The van der Waals surface area contributed by atoms with Gasteiger partial charge in [-0.3, -0.25) is 0 Å². The minimum absolute atomic E-state index is 0.182. The number of rotatable bonds is 6. The van der Waals surface area contributed by atoms with Gasteiger partial charge in [0.1, 0.15) is 5.76 Å². The number of ether oxygens (including phenoxy) is 1. The number of fused-ring (bicyclic) bond motifs is 1. The molecule has 0 aliphatic rings. The highest BCUT2D eigenvalue weighted by molar-refractivity contribution is 7.09. The second kappa shape index (κ2) is 6.33. The fourth-order valence-electron chi connectivity index (χ4n) is 2.40. The van der Waals surface area contributed by atoms with E-state index in [1.54, 1.807) is 18.4 Å². The maximum absolute atomic E-state index is 5.95. The van der Waals surface area contributed by atoms with Crippen LogP contribution >= 0.6 is 11.3 Å². The summed E-state index contributed by atoms with van der Waals surface area (Å²) in [6.07, 6.45) is 1.05. The average molecular weight is 301 g/mol. The summed E-state index contributed by atoms with van der Waals surface area (Å²) in [5.74, 6) is 1.73. The SMILES string of the molecule is COc1cccc2cc(C(C)NCCc3cccs3)oc12. The highest BCUT2D eigenvalue weighted by atomic mass is 32.1. The third-order valence-electron chi connectivity index (χ3n) is 3.58. The van der Waals surface area contributed by atoms with Gasteiger partial charge in [0.25, 0.3) is 0 Å². The Bertz CT molecular complexity index is 703. The van der Waals surface area contributed by atoms with Crippen molar-refractivity contribution in [2.45, 2.75) is 19.4 Å². The third-order valence-corrected chi connectivity index (χ3v) is 4.51. The maximum atomic E-state index is 5.95. The molecule has 0 aliphatic heterocycles. The van der Waals surface area contributed by atoms with E-state index in [1.807, 2.05) is 18.2 Å². The molecule has 21 heavy (non-hydrogen) atoms. The zero-order chi connectivity index (χ0) is 14.7. The van der Waals surface area contributed by atoms with E-state index in [4.69, 9.17) is 9.15 Å². The summed E-state index contributed by atoms with van der Waals surface area (Å²) in [5.41, 5.74) is 0.821. The quantitative estimate of drug-likeness (QED) is 0.733. The molecule has 0 amide bonds. The smallest absolute Gasteiger partial charge is 0.176 e. The van der Waals surface area contributed by atoms with Crippen molar-refractivity contribution >= 4 is 22.3 Å². The minimum atomic E-state index is 0.182. The predicted molar refractivity (Wildman–Crippen MR) is 87.2 cm³/mol. The van der Waals surface area contributed by atoms with Crippen molar-refractivity contribution in [1.82, 2.24) is 5.32 Å². The molecule has 0 radical (unpaired) electrons. The van der Waals surface area contributed by atoms with Crippen LogP contribution in [-0.2, 0) is 6.42 Å². The van der Waals surface area contributed by atoms with Crippen molar-refractivity contribution in [3.05, 3.63) is 52.4 Å². The van der Waals surface area contributed by atoms with Crippen LogP contribution in [0.4, 0.5) is 0 Å². The van der Waals surface area contributed by atoms with E-state index in [0.29, 0.717) is 0 Å². The number of thiophene rings is 1. The minimum Gasteiger partial charge on any atom is -0.493 e. The van der Waals surface area contributed by atoms with Gasteiger partial charge in [-0.05, 0) is 36.9 Å². The van der Waals surface area contributed by atoms with Crippen LogP contribution in [0.1, 0.15) is 23.6 Å². The van der Waals surface area contributed by atoms with Crippen LogP contribution in [0.2, 0.25) is 0 Å². The summed E-state index contributed by atoms with van der Waals surface area (Å²) in [7, 11) is 1.67.